The van der Waals surface area contributed by atoms with E-state index in [0.717, 1.165) is 12.1 Å². The maximum atomic E-state index is 12.7. The molecule has 1 aromatic carbocycles. The molecule has 13 heavy (non-hydrogen) atoms. The van der Waals surface area contributed by atoms with Crippen LogP contribution in [-0.2, 0) is 0 Å². The first kappa shape index (κ1) is 10.1. The Morgan fingerprint density at radius 2 is 2.08 bits per heavy atom. The van der Waals surface area contributed by atoms with Gasteiger partial charge in [0.25, 0.3) is 0 Å². The van der Waals surface area contributed by atoms with Crippen LogP contribution in [-0.4, -0.2) is 10.9 Å². The van der Waals surface area contributed by atoms with Crippen LogP contribution in [0.1, 0.15) is 5.56 Å². The molecule has 1 nitrogen and oxygen atoms in total. The molecule has 0 aliphatic rings. The minimum Gasteiger partial charge on any atom is -0.505 e. The highest BCUT2D eigenvalue weighted by Crippen LogP contribution is 2.21. The van der Waals surface area contributed by atoms with E-state index in [1.807, 2.05) is 0 Å². The molecule has 70 valence electrons. The van der Waals surface area contributed by atoms with Crippen molar-refractivity contribution in [2.75, 3.05) is 5.75 Å². The molecule has 0 spiro atoms. The predicted molar refractivity (Wildman–Crippen MR) is 50.9 cm³/mol. The highest BCUT2D eigenvalue weighted by Gasteiger charge is 2.07. The fourth-order valence-electron chi connectivity index (χ4n) is 0.880. The second-order valence-corrected chi connectivity index (χ2v) is 2.79. The van der Waals surface area contributed by atoms with Crippen LogP contribution < -0.4 is 0 Å². The Morgan fingerprint density at radius 3 is 2.62 bits per heavy atom. The minimum absolute atomic E-state index is 0.408. The summed E-state index contributed by atoms with van der Waals surface area (Å²) >= 11 is 3.91. The van der Waals surface area contributed by atoms with Gasteiger partial charge in [-0.15, -0.1) is 0 Å². The normalized spacial score (nSPS) is 11.0. The summed E-state index contributed by atoms with van der Waals surface area (Å²) in [5, 5.41) is 8.91. The third-order valence-electron chi connectivity index (χ3n) is 1.45. The van der Waals surface area contributed by atoms with Gasteiger partial charge in [0.2, 0.25) is 0 Å². The number of thiol groups is 1. The van der Waals surface area contributed by atoms with E-state index in [-0.39, 0.29) is 0 Å². The maximum absolute atomic E-state index is 12.7. The highest BCUT2D eigenvalue weighted by molar-refractivity contribution is 7.80. The van der Waals surface area contributed by atoms with Crippen molar-refractivity contribution in [3.63, 3.8) is 0 Å². The van der Waals surface area contributed by atoms with E-state index in [0.29, 0.717) is 11.3 Å². The molecule has 0 saturated heterocycles. The van der Waals surface area contributed by atoms with Crippen LogP contribution in [0.25, 0.3) is 6.08 Å². The molecule has 0 heterocycles. The Hall–Kier alpha value is -1.03. The van der Waals surface area contributed by atoms with Gasteiger partial charge in [-0.3, -0.25) is 0 Å². The molecule has 0 amide bonds. The number of rotatable bonds is 2. The van der Waals surface area contributed by atoms with E-state index < -0.39 is 17.4 Å². The van der Waals surface area contributed by atoms with Crippen LogP contribution >= 0.6 is 12.6 Å². The SMILES string of the molecule is Oc1cc(C=CCS)cc(F)c1F. The molecule has 0 aliphatic heterocycles. The highest BCUT2D eigenvalue weighted by atomic mass is 32.1. The maximum Gasteiger partial charge on any atom is 0.200 e. The average Bonchev–Trinajstić information content (AvgIpc) is 2.10. The molecule has 0 aliphatic carbocycles. The second kappa shape index (κ2) is 4.28. The van der Waals surface area contributed by atoms with Crippen LogP contribution in [0.3, 0.4) is 0 Å². The lowest BCUT2D eigenvalue weighted by molar-refractivity contribution is 0.407. The Morgan fingerprint density at radius 1 is 1.38 bits per heavy atom. The fraction of sp³-hybridized carbons (Fsp3) is 0.111. The zero-order valence-electron chi connectivity index (χ0n) is 6.67. The van der Waals surface area contributed by atoms with Gasteiger partial charge in [-0.25, -0.2) is 4.39 Å². The lowest BCUT2D eigenvalue weighted by atomic mass is 10.2. The number of aromatic hydroxyl groups is 1. The Labute approximate surface area is 80.1 Å². The van der Waals surface area contributed by atoms with E-state index in [1.165, 1.54) is 0 Å². The summed E-state index contributed by atoms with van der Waals surface area (Å²) in [5.41, 5.74) is 0.408. The summed E-state index contributed by atoms with van der Waals surface area (Å²) in [4.78, 5) is 0. The number of hydrogen-bond donors (Lipinski definition) is 2. The van der Waals surface area contributed by atoms with Crippen molar-refractivity contribution in [2.24, 2.45) is 0 Å². The van der Waals surface area contributed by atoms with E-state index in [9.17, 15) is 8.78 Å². The van der Waals surface area contributed by atoms with Crippen molar-refractivity contribution in [1.82, 2.24) is 0 Å². The molecule has 1 aromatic rings. The molecule has 0 bridgehead atoms. The van der Waals surface area contributed by atoms with Crippen LogP contribution in [0.4, 0.5) is 8.78 Å². The third-order valence-corrected chi connectivity index (χ3v) is 1.66. The molecule has 1 rings (SSSR count). The number of benzene rings is 1. The minimum atomic E-state index is -1.22. The van der Waals surface area contributed by atoms with Crippen molar-refractivity contribution >= 4 is 18.7 Å². The summed E-state index contributed by atoms with van der Waals surface area (Å²) in [6.07, 6.45) is 3.21. The molecule has 0 saturated carbocycles. The van der Waals surface area contributed by atoms with Crippen molar-refractivity contribution < 1.29 is 13.9 Å². The van der Waals surface area contributed by atoms with Gasteiger partial charge in [0.15, 0.2) is 17.4 Å². The Kier molecular flexibility index (Phi) is 3.31. The smallest absolute Gasteiger partial charge is 0.200 e. The van der Waals surface area contributed by atoms with Gasteiger partial charge in [0.1, 0.15) is 0 Å². The van der Waals surface area contributed by atoms with Crippen molar-refractivity contribution in [3.8, 4) is 5.75 Å². The quantitative estimate of drug-likeness (QED) is 0.706. The van der Waals surface area contributed by atoms with E-state index in [4.69, 9.17) is 5.11 Å². The summed E-state index contributed by atoms with van der Waals surface area (Å²) in [5.74, 6) is -2.46. The van der Waals surface area contributed by atoms with Crippen LogP contribution in [0.5, 0.6) is 5.75 Å². The molecule has 0 aromatic heterocycles. The Bertz CT molecular complexity index is 313. The number of phenolic OH excluding ortho intramolecular Hbond substituents is 1. The van der Waals surface area contributed by atoms with Crippen LogP contribution in [0.2, 0.25) is 0 Å². The molecule has 0 radical (unpaired) electrons. The molecule has 0 unspecified atom stereocenters. The Balaban J connectivity index is 3.06. The molecule has 0 fully saturated rings. The largest absolute Gasteiger partial charge is 0.505 e. The van der Waals surface area contributed by atoms with E-state index in [2.05, 4.69) is 12.6 Å². The monoisotopic (exact) mass is 202 g/mol. The summed E-state index contributed by atoms with van der Waals surface area (Å²) < 4.78 is 25.2. The van der Waals surface area contributed by atoms with E-state index in [1.54, 1.807) is 12.2 Å². The van der Waals surface area contributed by atoms with E-state index >= 15 is 0 Å². The topological polar surface area (TPSA) is 20.2 Å². The first-order valence-corrected chi connectivity index (χ1v) is 4.24. The van der Waals surface area contributed by atoms with Gasteiger partial charge in [0, 0.05) is 5.75 Å². The number of phenols is 1. The molecular formula is C9H8F2OS. The lowest BCUT2D eigenvalue weighted by Gasteiger charge is -1.98. The fourth-order valence-corrected chi connectivity index (χ4v) is 0.985. The van der Waals surface area contributed by atoms with Gasteiger partial charge in [-0.05, 0) is 17.7 Å². The molecule has 0 atom stereocenters. The van der Waals surface area contributed by atoms with Gasteiger partial charge < -0.3 is 5.11 Å². The van der Waals surface area contributed by atoms with Gasteiger partial charge in [0.05, 0.1) is 0 Å². The number of halogens is 2. The second-order valence-electron chi connectivity index (χ2n) is 2.42. The number of hydrogen-bond acceptors (Lipinski definition) is 2. The molecule has 1 N–H and O–H groups in total. The first-order chi connectivity index (χ1) is 6.15. The van der Waals surface area contributed by atoms with Gasteiger partial charge in [-0.1, -0.05) is 12.2 Å². The van der Waals surface area contributed by atoms with Crippen LogP contribution in [0, 0.1) is 11.6 Å². The van der Waals surface area contributed by atoms with Crippen LogP contribution in [0.15, 0.2) is 18.2 Å². The summed E-state index contributed by atoms with van der Waals surface area (Å²) in [6, 6.07) is 2.16. The zero-order valence-corrected chi connectivity index (χ0v) is 7.56. The third kappa shape index (κ3) is 2.45. The zero-order chi connectivity index (χ0) is 9.84. The molecule has 4 heteroatoms. The summed E-state index contributed by atoms with van der Waals surface area (Å²) in [7, 11) is 0. The first-order valence-electron chi connectivity index (χ1n) is 3.60. The van der Waals surface area contributed by atoms with Crippen molar-refractivity contribution in [2.45, 2.75) is 0 Å². The lowest BCUT2D eigenvalue weighted by Crippen LogP contribution is -1.85. The average molecular weight is 202 g/mol. The predicted octanol–water partition coefficient (Wildman–Crippen LogP) is 2.61. The summed E-state index contributed by atoms with van der Waals surface area (Å²) in [6.45, 7) is 0. The molecular weight excluding hydrogens is 194 g/mol. The standard InChI is InChI=1S/C9H8F2OS/c10-7-4-6(2-1-3-13)5-8(12)9(7)11/h1-2,4-5,12-13H,3H2. The van der Waals surface area contributed by atoms with Crippen molar-refractivity contribution in [1.29, 1.82) is 0 Å². The van der Waals surface area contributed by atoms with Gasteiger partial charge >= 0.3 is 0 Å². The van der Waals surface area contributed by atoms with Crippen molar-refractivity contribution in [3.05, 3.63) is 35.4 Å². The van der Waals surface area contributed by atoms with Gasteiger partial charge in [-0.2, -0.15) is 17.0 Å².